The lowest BCUT2D eigenvalue weighted by Crippen LogP contribution is -2.23. The first-order valence-electron chi connectivity index (χ1n) is 8.86. The zero-order valence-electron chi connectivity index (χ0n) is 15.8. The largest absolute Gasteiger partial charge is 0.416 e. The van der Waals surface area contributed by atoms with Gasteiger partial charge in [0, 0.05) is 12.2 Å². The molecule has 4 nitrogen and oxygen atoms in total. The van der Waals surface area contributed by atoms with E-state index in [2.05, 4.69) is 5.32 Å². The highest BCUT2D eigenvalue weighted by atomic mass is 32.1. The van der Waals surface area contributed by atoms with Crippen molar-refractivity contribution in [3.8, 4) is 0 Å². The number of aromatic nitrogens is 1. The summed E-state index contributed by atoms with van der Waals surface area (Å²) in [5, 5.41) is 2.67. The van der Waals surface area contributed by atoms with Gasteiger partial charge < -0.3 is 5.32 Å². The number of aryl methyl sites for hydroxylation is 1. The van der Waals surface area contributed by atoms with E-state index in [9.17, 15) is 22.8 Å². The van der Waals surface area contributed by atoms with Gasteiger partial charge in [-0.05, 0) is 42.7 Å². The third-order valence-electron chi connectivity index (χ3n) is 4.67. The van der Waals surface area contributed by atoms with Crippen LogP contribution in [0.25, 0.3) is 0 Å². The van der Waals surface area contributed by atoms with Gasteiger partial charge in [-0.2, -0.15) is 13.2 Å². The van der Waals surface area contributed by atoms with Crippen LogP contribution in [-0.2, 0) is 19.3 Å². The van der Waals surface area contributed by atoms with E-state index in [0.29, 0.717) is 22.7 Å². The maximum atomic E-state index is 12.6. The number of nitrogens with zero attached hydrogens (tertiary/aromatic N) is 1. The van der Waals surface area contributed by atoms with E-state index in [0.717, 1.165) is 34.6 Å². The van der Waals surface area contributed by atoms with Gasteiger partial charge in [0.1, 0.15) is 4.88 Å². The number of carbonyl (C=O) groups is 1. The lowest BCUT2D eigenvalue weighted by Gasteiger charge is -2.10. The minimum absolute atomic E-state index is 0.0697. The summed E-state index contributed by atoms with van der Waals surface area (Å²) < 4.78 is 39.4. The fourth-order valence-electron chi connectivity index (χ4n) is 2.90. The number of nitrogens with one attached hydrogen (secondary N) is 1. The number of benzene rings is 2. The SMILES string of the molecule is Cc1ccccc1Cn1c(C)c(C(=O)NCc2ccc(C(F)(F)F)cc2)sc1=O. The van der Waals surface area contributed by atoms with E-state index in [1.807, 2.05) is 31.2 Å². The van der Waals surface area contributed by atoms with E-state index >= 15 is 0 Å². The molecule has 2 aromatic carbocycles. The minimum atomic E-state index is -4.40. The molecule has 0 radical (unpaired) electrons. The van der Waals surface area contributed by atoms with E-state index < -0.39 is 17.6 Å². The number of carbonyl (C=O) groups excluding carboxylic acids is 1. The van der Waals surface area contributed by atoms with Crippen LogP contribution in [0.5, 0.6) is 0 Å². The van der Waals surface area contributed by atoms with E-state index in [1.54, 1.807) is 11.5 Å². The van der Waals surface area contributed by atoms with Gasteiger partial charge in [-0.25, -0.2) is 0 Å². The van der Waals surface area contributed by atoms with Gasteiger partial charge in [0.2, 0.25) is 0 Å². The molecule has 3 aromatic rings. The standard InChI is InChI=1S/C21H19F3N2O2S/c1-13-5-3-4-6-16(13)12-26-14(2)18(29-20(26)28)19(27)25-11-15-7-9-17(10-8-15)21(22,23)24/h3-10H,11-12H2,1-2H3,(H,25,27). The minimum Gasteiger partial charge on any atom is -0.347 e. The zero-order valence-corrected chi connectivity index (χ0v) is 16.7. The summed E-state index contributed by atoms with van der Waals surface area (Å²) in [4.78, 5) is 25.0. The predicted octanol–water partition coefficient (Wildman–Crippen LogP) is 4.52. The Bertz CT molecular complexity index is 1080. The highest BCUT2D eigenvalue weighted by Gasteiger charge is 2.29. The van der Waals surface area contributed by atoms with Crippen LogP contribution in [0, 0.1) is 13.8 Å². The third kappa shape index (κ3) is 4.76. The van der Waals surface area contributed by atoms with Crippen LogP contribution in [0.15, 0.2) is 53.3 Å². The highest BCUT2D eigenvalue weighted by Crippen LogP contribution is 2.29. The molecule has 0 saturated heterocycles. The Morgan fingerprint density at radius 1 is 1.07 bits per heavy atom. The highest BCUT2D eigenvalue weighted by molar-refractivity contribution is 7.11. The van der Waals surface area contributed by atoms with Gasteiger partial charge in [0.15, 0.2) is 0 Å². The molecule has 0 saturated carbocycles. The maximum absolute atomic E-state index is 12.6. The van der Waals surface area contributed by atoms with Crippen LogP contribution in [0.1, 0.15) is 37.6 Å². The van der Waals surface area contributed by atoms with Crippen molar-refractivity contribution in [2.45, 2.75) is 33.1 Å². The molecule has 0 atom stereocenters. The number of hydrogen-bond donors (Lipinski definition) is 1. The van der Waals surface area contributed by atoms with Crippen molar-refractivity contribution >= 4 is 17.2 Å². The second kappa shape index (κ2) is 8.24. The Labute approximate surface area is 169 Å². The molecule has 1 N–H and O–H groups in total. The average molecular weight is 420 g/mol. The Kier molecular flexibility index (Phi) is 5.93. The summed E-state index contributed by atoms with van der Waals surface area (Å²) in [6.45, 7) is 4.11. The van der Waals surface area contributed by atoms with Crippen molar-refractivity contribution in [1.82, 2.24) is 9.88 Å². The number of amides is 1. The van der Waals surface area contributed by atoms with Crippen molar-refractivity contribution in [1.29, 1.82) is 0 Å². The van der Waals surface area contributed by atoms with Gasteiger partial charge in [-0.1, -0.05) is 47.7 Å². The molecule has 152 valence electrons. The Morgan fingerprint density at radius 2 is 1.72 bits per heavy atom. The van der Waals surface area contributed by atoms with Crippen molar-refractivity contribution in [2.75, 3.05) is 0 Å². The van der Waals surface area contributed by atoms with Crippen LogP contribution in [0.3, 0.4) is 0 Å². The molecule has 29 heavy (non-hydrogen) atoms. The lowest BCUT2D eigenvalue weighted by atomic mass is 10.1. The fourth-order valence-corrected chi connectivity index (χ4v) is 3.81. The van der Waals surface area contributed by atoms with Crippen LogP contribution < -0.4 is 10.2 Å². The molecule has 3 rings (SSSR count). The number of hydrogen-bond acceptors (Lipinski definition) is 3. The summed E-state index contributed by atoms with van der Waals surface area (Å²) in [7, 11) is 0. The second-order valence-electron chi connectivity index (χ2n) is 6.67. The molecule has 0 fully saturated rings. The van der Waals surface area contributed by atoms with Crippen molar-refractivity contribution in [3.63, 3.8) is 0 Å². The molecule has 8 heteroatoms. The van der Waals surface area contributed by atoms with Crippen LogP contribution in [-0.4, -0.2) is 10.5 Å². The Hall–Kier alpha value is -2.87. The van der Waals surface area contributed by atoms with E-state index in [-0.39, 0.29) is 11.4 Å². The van der Waals surface area contributed by atoms with Gasteiger partial charge >= 0.3 is 11.0 Å². The summed E-state index contributed by atoms with van der Waals surface area (Å²) in [6, 6.07) is 12.3. The average Bonchev–Trinajstić information content (AvgIpc) is 2.95. The topological polar surface area (TPSA) is 51.1 Å². The van der Waals surface area contributed by atoms with Gasteiger partial charge in [0.25, 0.3) is 5.91 Å². The Morgan fingerprint density at radius 3 is 2.34 bits per heavy atom. The molecule has 0 spiro atoms. The maximum Gasteiger partial charge on any atom is 0.416 e. The third-order valence-corrected chi connectivity index (χ3v) is 5.75. The Balaban J connectivity index is 1.72. The summed E-state index contributed by atoms with van der Waals surface area (Å²) in [5.74, 6) is -0.423. The number of alkyl halides is 3. The van der Waals surface area contributed by atoms with Crippen LogP contribution in [0.4, 0.5) is 13.2 Å². The molecular formula is C21H19F3N2O2S. The summed E-state index contributed by atoms with van der Waals surface area (Å²) in [6.07, 6.45) is -4.40. The molecule has 0 aliphatic carbocycles. The zero-order chi connectivity index (χ0) is 21.2. The number of thiazole rings is 1. The summed E-state index contributed by atoms with van der Waals surface area (Å²) in [5.41, 5.74) is 2.41. The van der Waals surface area contributed by atoms with Crippen molar-refractivity contribution < 1.29 is 18.0 Å². The molecule has 0 unspecified atom stereocenters. The first-order chi connectivity index (χ1) is 13.7. The van der Waals surface area contributed by atoms with Crippen LogP contribution in [0.2, 0.25) is 0 Å². The molecule has 1 aromatic heterocycles. The van der Waals surface area contributed by atoms with Crippen molar-refractivity contribution in [3.05, 3.63) is 91.0 Å². The molecule has 0 aliphatic rings. The van der Waals surface area contributed by atoms with Gasteiger partial charge in [-0.15, -0.1) is 0 Å². The lowest BCUT2D eigenvalue weighted by molar-refractivity contribution is -0.137. The van der Waals surface area contributed by atoms with Gasteiger partial charge in [-0.3, -0.25) is 14.2 Å². The second-order valence-corrected chi connectivity index (χ2v) is 7.63. The van der Waals surface area contributed by atoms with Crippen molar-refractivity contribution in [2.24, 2.45) is 0 Å². The monoisotopic (exact) mass is 420 g/mol. The fraction of sp³-hybridized carbons (Fsp3) is 0.238. The van der Waals surface area contributed by atoms with E-state index in [1.165, 1.54) is 12.1 Å². The predicted molar refractivity (Wildman–Crippen MR) is 106 cm³/mol. The molecule has 1 heterocycles. The van der Waals surface area contributed by atoms with Gasteiger partial charge in [0.05, 0.1) is 12.1 Å². The van der Waals surface area contributed by atoms with Crippen LogP contribution >= 0.6 is 11.3 Å². The number of halogens is 3. The smallest absolute Gasteiger partial charge is 0.347 e. The molecule has 0 bridgehead atoms. The molecule has 1 amide bonds. The number of rotatable bonds is 5. The normalized spacial score (nSPS) is 11.5. The quantitative estimate of drug-likeness (QED) is 0.660. The molecule has 0 aliphatic heterocycles. The van der Waals surface area contributed by atoms with E-state index in [4.69, 9.17) is 0 Å². The first kappa shape index (κ1) is 20.9. The summed E-state index contributed by atoms with van der Waals surface area (Å²) >= 11 is 0.862. The molecular weight excluding hydrogens is 401 g/mol. The first-order valence-corrected chi connectivity index (χ1v) is 9.67.